The summed E-state index contributed by atoms with van der Waals surface area (Å²) in [6.07, 6.45) is 2.76. The molecule has 0 radical (unpaired) electrons. The molecule has 0 amide bonds. The van der Waals surface area contributed by atoms with Crippen LogP contribution in [0, 0.1) is 0 Å². The number of rotatable bonds is 2. The first kappa shape index (κ1) is 15.0. The van der Waals surface area contributed by atoms with Gasteiger partial charge in [0.05, 0.1) is 16.9 Å². The Morgan fingerprint density at radius 2 is 2.08 bits per heavy atom. The van der Waals surface area contributed by atoms with Crippen molar-refractivity contribution >= 4 is 39.6 Å². The van der Waals surface area contributed by atoms with Crippen LogP contribution < -0.4 is 5.56 Å². The SMILES string of the molecule is C[S+]([O-])c1ncc2c(=O)n(-c3ccccc3Cl)c3nnnn3c2n1. The van der Waals surface area contributed by atoms with Crippen LogP contribution in [0.25, 0.3) is 22.5 Å². The van der Waals surface area contributed by atoms with Crippen molar-refractivity contribution in [2.45, 2.75) is 5.16 Å². The van der Waals surface area contributed by atoms with E-state index in [4.69, 9.17) is 11.6 Å². The molecule has 4 rings (SSSR count). The largest absolute Gasteiger partial charge is 0.609 e. The molecule has 0 saturated heterocycles. The lowest BCUT2D eigenvalue weighted by Crippen LogP contribution is -2.23. The number of hydrogen-bond acceptors (Lipinski definition) is 7. The minimum absolute atomic E-state index is 0.0918. The molecule has 0 fully saturated rings. The Labute approximate surface area is 142 Å². The quantitative estimate of drug-likeness (QED) is 0.379. The number of para-hydroxylation sites is 1. The summed E-state index contributed by atoms with van der Waals surface area (Å²) in [5, 5.41) is 12.0. The van der Waals surface area contributed by atoms with Crippen molar-refractivity contribution in [1.82, 2.24) is 34.6 Å². The molecule has 0 aliphatic rings. The Morgan fingerprint density at radius 1 is 1.29 bits per heavy atom. The predicted octanol–water partition coefficient (Wildman–Crippen LogP) is 0.609. The summed E-state index contributed by atoms with van der Waals surface area (Å²) < 4.78 is 14.2. The zero-order chi connectivity index (χ0) is 16.8. The van der Waals surface area contributed by atoms with Crippen molar-refractivity contribution in [3.8, 4) is 5.69 Å². The highest BCUT2D eigenvalue weighted by Gasteiger charge is 2.20. The van der Waals surface area contributed by atoms with E-state index in [0.717, 1.165) is 0 Å². The Kier molecular flexibility index (Phi) is 3.44. The summed E-state index contributed by atoms with van der Waals surface area (Å²) in [6.45, 7) is 0. The number of benzene rings is 1. The third-order valence-corrected chi connectivity index (χ3v) is 4.41. The summed E-state index contributed by atoms with van der Waals surface area (Å²) in [5.41, 5.74) is 0.200. The van der Waals surface area contributed by atoms with Gasteiger partial charge in [0.2, 0.25) is 0 Å². The van der Waals surface area contributed by atoms with Crippen molar-refractivity contribution in [2.75, 3.05) is 6.26 Å². The molecule has 1 aromatic carbocycles. The van der Waals surface area contributed by atoms with Crippen LogP contribution in [0.2, 0.25) is 5.02 Å². The Morgan fingerprint density at radius 3 is 2.83 bits per heavy atom. The van der Waals surface area contributed by atoms with E-state index in [-0.39, 0.29) is 22.0 Å². The lowest BCUT2D eigenvalue weighted by atomic mass is 10.3. The first-order valence-electron chi connectivity index (χ1n) is 6.66. The second-order valence-electron chi connectivity index (χ2n) is 4.83. The van der Waals surface area contributed by atoms with E-state index in [1.54, 1.807) is 24.3 Å². The molecule has 3 aromatic heterocycles. The summed E-state index contributed by atoms with van der Waals surface area (Å²) in [7, 11) is 0. The topological polar surface area (TPSA) is 114 Å². The second kappa shape index (κ2) is 5.51. The van der Waals surface area contributed by atoms with Gasteiger partial charge in [0, 0.05) is 11.2 Å². The first-order valence-corrected chi connectivity index (χ1v) is 8.59. The van der Waals surface area contributed by atoms with Crippen molar-refractivity contribution in [1.29, 1.82) is 0 Å². The number of nitrogens with zero attached hydrogens (tertiary/aromatic N) is 7. The smallest absolute Gasteiger partial charge is 0.344 e. The molecule has 0 N–H and O–H groups in total. The molecule has 9 nitrogen and oxygen atoms in total. The van der Waals surface area contributed by atoms with Gasteiger partial charge in [-0.1, -0.05) is 28.8 Å². The summed E-state index contributed by atoms with van der Waals surface area (Å²) in [5.74, 6) is 0.145. The van der Waals surface area contributed by atoms with E-state index in [1.165, 1.54) is 21.5 Å². The van der Waals surface area contributed by atoms with Crippen molar-refractivity contribution in [3.05, 3.63) is 45.8 Å². The molecule has 24 heavy (non-hydrogen) atoms. The fourth-order valence-corrected chi connectivity index (χ4v) is 2.96. The van der Waals surface area contributed by atoms with Gasteiger partial charge >= 0.3 is 5.16 Å². The highest BCUT2D eigenvalue weighted by molar-refractivity contribution is 7.90. The van der Waals surface area contributed by atoms with E-state index < -0.39 is 16.7 Å². The van der Waals surface area contributed by atoms with E-state index in [0.29, 0.717) is 10.7 Å². The average molecular weight is 362 g/mol. The fraction of sp³-hybridized carbons (Fsp3) is 0.0769. The predicted molar refractivity (Wildman–Crippen MR) is 86.8 cm³/mol. The van der Waals surface area contributed by atoms with Gasteiger partial charge in [-0.05, 0) is 22.6 Å². The maximum atomic E-state index is 12.9. The van der Waals surface area contributed by atoms with Crippen molar-refractivity contribution in [3.63, 3.8) is 0 Å². The number of tetrazole rings is 1. The van der Waals surface area contributed by atoms with Gasteiger partial charge in [0.25, 0.3) is 11.3 Å². The molecule has 3 heterocycles. The molecule has 0 aliphatic heterocycles. The summed E-state index contributed by atoms with van der Waals surface area (Å²) in [4.78, 5) is 21.0. The van der Waals surface area contributed by atoms with Crippen molar-refractivity contribution in [2.24, 2.45) is 0 Å². The Bertz CT molecular complexity index is 1140. The third-order valence-electron chi connectivity index (χ3n) is 3.38. The number of fused-ring (bicyclic) bond motifs is 3. The van der Waals surface area contributed by atoms with Crippen LogP contribution in [-0.4, -0.2) is 45.4 Å². The Balaban J connectivity index is 2.18. The van der Waals surface area contributed by atoms with Gasteiger partial charge < -0.3 is 4.55 Å². The van der Waals surface area contributed by atoms with Gasteiger partial charge in [-0.2, -0.15) is 14.5 Å². The van der Waals surface area contributed by atoms with Gasteiger partial charge in [0.15, 0.2) is 5.65 Å². The molecule has 11 heteroatoms. The van der Waals surface area contributed by atoms with Gasteiger partial charge in [-0.3, -0.25) is 4.79 Å². The van der Waals surface area contributed by atoms with Crippen LogP contribution in [0.15, 0.2) is 40.4 Å². The van der Waals surface area contributed by atoms with Gasteiger partial charge in [-0.25, -0.2) is 4.57 Å². The van der Waals surface area contributed by atoms with Gasteiger partial charge in [-0.15, -0.1) is 0 Å². The molecule has 120 valence electrons. The average Bonchev–Trinajstić information content (AvgIpc) is 3.05. The highest BCUT2D eigenvalue weighted by Crippen LogP contribution is 2.21. The van der Waals surface area contributed by atoms with Crippen LogP contribution in [0.3, 0.4) is 0 Å². The van der Waals surface area contributed by atoms with E-state index >= 15 is 0 Å². The summed E-state index contributed by atoms with van der Waals surface area (Å²) in [6, 6.07) is 6.84. The molecule has 1 unspecified atom stereocenters. The molecular weight excluding hydrogens is 354 g/mol. The first-order chi connectivity index (χ1) is 11.6. The molecule has 1 atom stereocenters. The summed E-state index contributed by atoms with van der Waals surface area (Å²) >= 11 is 4.81. The third kappa shape index (κ3) is 2.15. The molecule has 0 bridgehead atoms. The lowest BCUT2D eigenvalue weighted by molar-refractivity contribution is 0.592. The minimum atomic E-state index is -1.40. The highest BCUT2D eigenvalue weighted by atomic mass is 35.5. The molecule has 0 aliphatic carbocycles. The van der Waals surface area contributed by atoms with Crippen LogP contribution in [0.4, 0.5) is 0 Å². The molecule has 4 aromatic rings. The fourth-order valence-electron chi connectivity index (χ4n) is 2.33. The standard InChI is InChI=1S/C13H8ClN7O2S/c1-24(23)12-15-6-7-10(16-12)21-13(17-18-19-21)20(11(7)22)9-5-3-2-4-8(9)14/h2-6H,1H3. The van der Waals surface area contributed by atoms with Crippen LogP contribution in [0.5, 0.6) is 0 Å². The van der Waals surface area contributed by atoms with E-state index in [1.807, 2.05) is 0 Å². The normalized spacial score (nSPS) is 12.8. The minimum Gasteiger partial charge on any atom is -0.609 e. The number of halogens is 1. The van der Waals surface area contributed by atoms with Crippen LogP contribution >= 0.6 is 11.6 Å². The van der Waals surface area contributed by atoms with Crippen LogP contribution in [-0.2, 0) is 11.2 Å². The zero-order valence-electron chi connectivity index (χ0n) is 12.1. The zero-order valence-corrected chi connectivity index (χ0v) is 13.7. The van der Waals surface area contributed by atoms with E-state index in [2.05, 4.69) is 25.5 Å². The molecular formula is C13H8ClN7O2S. The molecule has 0 spiro atoms. The lowest BCUT2D eigenvalue weighted by Gasteiger charge is -2.10. The monoisotopic (exact) mass is 361 g/mol. The Hall–Kier alpha value is -2.56. The van der Waals surface area contributed by atoms with Crippen molar-refractivity contribution < 1.29 is 4.55 Å². The number of hydrogen-bond donors (Lipinski definition) is 0. The maximum Gasteiger partial charge on any atom is 0.344 e. The van der Waals surface area contributed by atoms with E-state index in [9.17, 15) is 9.35 Å². The van der Waals surface area contributed by atoms with Crippen LogP contribution in [0.1, 0.15) is 0 Å². The maximum absolute atomic E-state index is 12.9. The second-order valence-corrected chi connectivity index (χ2v) is 6.51. The van der Waals surface area contributed by atoms with Gasteiger partial charge in [0.1, 0.15) is 11.6 Å². The number of aromatic nitrogens is 7. The molecule has 0 saturated carbocycles.